The molecule has 1 amide bonds. The fraction of sp³-hybridized carbons (Fsp3) is 0.375. The van der Waals surface area contributed by atoms with Crippen molar-refractivity contribution in [1.29, 1.82) is 0 Å². The summed E-state index contributed by atoms with van der Waals surface area (Å²) in [6.45, 7) is 3.51. The summed E-state index contributed by atoms with van der Waals surface area (Å²) in [5.74, 6) is 0.00417. The molecule has 6 heteroatoms. The van der Waals surface area contributed by atoms with Crippen molar-refractivity contribution in [1.82, 2.24) is 14.8 Å². The van der Waals surface area contributed by atoms with Crippen molar-refractivity contribution in [3.05, 3.63) is 52.5 Å². The smallest absolute Gasteiger partial charge is 0.273 e. The second-order valence-corrected chi connectivity index (χ2v) is 6.11. The predicted octanol–water partition coefficient (Wildman–Crippen LogP) is 1.63. The van der Waals surface area contributed by atoms with Gasteiger partial charge in [0.15, 0.2) is 0 Å². The highest BCUT2D eigenvalue weighted by atomic mass is 32.1. The maximum absolute atomic E-state index is 12.2. The Labute approximate surface area is 133 Å². The summed E-state index contributed by atoms with van der Waals surface area (Å²) in [4.78, 5) is 20.3. The van der Waals surface area contributed by atoms with Crippen molar-refractivity contribution in [3.8, 4) is 0 Å². The summed E-state index contributed by atoms with van der Waals surface area (Å²) in [5, 5.41) is 12.1. The van der Waals surface area contributed by atoms with Crippen LogP contribution in [0, 0.1) is 0 Å². The molecular formula is C16H19N3O2S. The minimum absolute atomic E-state index is 0.00417. The van der Waals surface area contributed by atoms with Crippen LogP contribution >= 0.6 is 11.3 Å². The highest BCUT2D eigenvalue weighted by molar-refractivity contribution is 7.07. The van der Waals surface area contributed by atoms with Crippen molar-refractivity contribution in [2.75, 3.05) is 32.7 Å². The molecule has 22 heavy (non-hydrogen) atoms. The standard InChI is InChI=1S/C16H19N3O2S/c20-15(13-4-2-1-3-5-13)10-18-6-8-19(9-7-18)16(21)14-11-22-12-17-14/h1-5,11-12,15,20H,6-10H2. The minimum Gasteiger partial charge on any atom is -0.387 e. The molecule has 1 aromatic carbocycles. The van der Waals surface area contributed by atoms with Gasteiger partial charge in [-0.25, -0.2) is 4.98 Å². The van der Waals surface area contributed by atoms with Crippen LogP contribution in [0.3, 0.4) is 0 Å². The number of carbonyl (C=O) groups excluding carboxylic acids is 1. The van der Waals surface area contributed by atoms with E-state index >= 15 is 0 Å². The predicted molar refractivity (Wildman–Crippen MR) is 85.9 cm³/mol. The van der Waals surface area contributed by atoms with Gasteiger partial charge < -0.3 is 10.0 Å². The third kappa shape index (κ3) is 3.52. The van der Waals surface area contributed by atoms with Crippen molar-refractivity contribution >= 4 is 17.2 Å². The third-order valence-electron chi connectivity index (χ3n) is 3.93. The van der Waals surface area contributed by atoms with Gasteiger partial charge in [-0.1, -0.05) is 30.3 Å². The first-order valence-corrected chi connectivity index (χ1v) is 8.31. The number of hydrogen-bond donors (Lipinski definition) is 1. The van der Waals surface area contributed by atoms with E-state index in [2.05, 4.69) is 9.88 Å². The topological polar surface area (TPSA) is 56.7 Å². The van der Waals surface area contributed by atoms with Crippen molar-refractivity contribution in [3.63, 3.8) is 0 Å². The molecule has 116 valence electrons. The lowest BCUT2D eigenvalue weighted by Gasteiger charge is -2.35. The number of rotatable bonds is 4. The number of piperazine rings is 1. The number of nitrogens with zero attached hydrogens (tertiary/aromatic N) is 3. The zero-order valence-corrected chi connectivity index (χ0v) is 13.1. The molecule has 2 aromatic rings. The quantitative estimate of drug-likeness (QED) is 0.931. The zero-order valence-electron chi connectivity index (χ0n) is 12.3. The molecule has 1 unspecified atom stereocenters. The van der Waals surface area contributed by atoms with Gasteiger partial charge in [0.2, 0.25) is 0 Å². The molecule has 1 fully saturated rings. The van der Waals surface area contributed by atoms with Gasteiger partial charge in [0.25, 0.3) is 5.91 Å². The Balaban J connectivity index is 1.51. The fourth-order valence-electron chi connectivity index (χ4n) is 2.64. The fourth-order valence-corrected chi connectivity index (χ4v) is 3.16. The number of carbonyl (C=O) groups is 1. The van der Waals surface area contributed by atoms with Crippen molar-refractivity contribution < 1.29 is 9.90 Å². The van der Waals surface area contributed by atoms with Crippen LogP contribution in [0.2, 0.25) is 0 Å². The SMILES string of the molecule is O=C(c1cscn1)N1CCN(CC(O)c2ccccc2)CC1. The number of aliphatic hydroxyl groups is 1. The van der Waals surface area contributed by atoms with E-state index in [1.807, 2.05) is 35.2 Å². The first-order valence-electron chi connectivity index (χ1n) is 7.37. The van der Waals surface area contributed by atoms with E-state index in [0.29, 0.717) is 25.3 Å². The highest BCUT2D eigenvalue weighted by Crippen LogP contribution is 2.15. The van der Waals surface area contributed by atoms with E-state index in [1.165, 1.54) is 11.3 Å². The van der Waals surface area contributed by atoms with Gasteiger partial charge in [0, 0.05) is 38.1 Å². The van der Waals surface area contributed by atoms with Gasteiger partial charge in [0.1, 0.15) is 5.69 Å². The lowest BCUT2D eigenvalue weighted by molar-refractivity contribution is 0.0523. The maximum atomic E-state index is 12.2. The summed E-state index contributed by atoms with van der Waals surface area (Å²) >= 11 is 1.44. The van der Waals surface area contributed by atoms with E-state index < -0.39 is 6.10 Å². The second-order valence-electron chi connectivity index (χ2n) is 5.39. The van der Waals surface area contributed by atoms with Crippen LogP contribution in [0.4, 0.5) is 0 Å². The molecule has 1 saturated heterocycles. The molecule has 1 atom stereocenters. The number of aliphatic hydroxyl groups excluding tert-OH is 1. The summed E-state index contributed by atoms with van der Waals surface area (Å²) in [5.41, 5.74) is 3.14. The summed E-state index contributed by atoms with van der Waals surface area (Å²) < 4.78 is 0. The first kappa shape index (κ1) is 15.1. The molecule has 0 spiro atoms. The molecule has 1 aliphatic heterocycles. The van der Waals surface area contributed by atoms with Gasteiger partial charge in [-0.15, -0.1) is 11.3 Å². The van der Waals surface area contributed by atoms with Crippen LogP contribution in [-0.4, -0.2) is 58.5 Å². The molecule has 0 radical (unpaired) electrons. The van der Waals surface area contributed by atoms with Crippen LogP contribution < -0.4 is 0 Å². The molecule has 3 rings (SSSR count). The normalized spacial score (nSPS) is 17.4. The van der Waals surface area contributed by atoms with E-state index in [0.717, 1.165) is 18.7 Å². The molecule has 1 aliphatic rings. The van der Waals surface area contributed by atoms with Crippen molar-refractivity contribution in [2.24, 2.45) is 0 Å². The third-order valence-corrected chi connectivity index (χ3v) is 4.51. The van der Waals surface area contributed by atoms with Gasteiger partial charge in [-0.05, 0) is 5.56 Å². The molecular weight excluding hydrogens is 298 g/mol. The van der Waals surface area contributed by atoms with E-state index in [4.69, 9.17) is 0 Å². The average molecular weight is 317 g/mol. The molecule has 0 aliphatic carbocycles. The van der Waals surface area contributed by atoms with Crippen LogP contribution in [0.15, 0.2) is 41.2 Å². The molecule has 0 bridgehead atoms. The average Bonchev–Trinajstić information content (AvgIpc) is 3.10. The lowest BCUT2D eigenvalue weighted by atomic mass is 10.1. The Morgan fingerprint density at radius 1 is 1.23 bits per heavy atom. The van der Waals surface area contributed by atoms with Crippen LogP contribution in [0.1, 0.15) is 22.2 Å². The molecule has 1 aromatic heterocycles. The Hall–Kier alpha value is -1.76. The Morgan fingerprint density at radius 2 is 1.95 bits per heavy atom. The first-order chi connectivity index (χ1) is 10.7. The summed E-state index contributed by atoms with van der Waals surface area (Å²) in [6, 6.07) is 9.68. The summed E-state index contributed by atoms with van der Waals surface area (Å²) in [6.07, 6.45) is -0.484. The monoisotopic (exact) mass is 317 g/mol. The van der Waals surface area contributed by atoms with Gasteiger partial charge in [-0.3, -0.25) is 9.69 Å². The van der Waals surface area contributed by atoms with Crippen LogP contribution in [0.5, 0.6) is 0 Å². The maximum Gasteiger partial charge on any atom is 0.273 e. The number of aromatic nitrogens is 1. The van der Waals surface area contributed by atoms with Crippen molar-refractivity contribution in [2.45, 2.75) is 6.10 Å². The second kappa shape index (κ2) is 7.00. The molecule has 1 N–H and O–H groups in total. The largest absolute Gasteiger partial charge is 0.387 e. The molecule has 5 nitrogen and oxygen atoms in total. The van der Waals surface area contributed by atoms with Crippen LogP contribution in [-0.2, 0) is 0 Å². The van der Waals surface area contributed by atoms with E-state index in [9.17, 15) is 9.90 Å². The number of thiazole rings is 1. The number of hydrogen-bond acceptors (Lipinski definition) is 5. The zero-order chi connectivity index (χ0) is 15.4. The van der Waals surface area contributed by atoms with Gasteiger partial charge in [-0.2, -0.15) is 0 Å². The number of β-amino-alcohol motifs (C(OH)–C–C–N with tert-alkyl or cyclic N) is 1. The Bertz CT molecular complexity index is 595. The Morgan fingerprint density at radius 3 is 2.59 bits per heavy atom. The van der Waals surface area contributed by atoms with Gasteiger partial charge >= 0.3 is 0 Å². The number of amides is 1. The van der Waals surface area contributed by atoms with E-state index in [1.54, 1.807) is 10.9 Å². The lowest BCUT2D eigenvalue weighted by Crippen LogP contribution is -2.49. The van der Waals surface area contributed by atoms with Crippen LogP contribution in [0.25, 0.3) is 0 Å². The number of benzene rings is 1. The van der Waals surface area contributed by atoms with E-state index in [-0.39, 0.29) is 5.91 Å². The summed E-state index contributed by atoms with van der Waals surface area (Å²) in [7, 11) is 0. The molecule has 2 heterocycles. The minimum atomic E-state index is -0.484. The highest BCUT2D eigenvalue weighted by Gasteiger charge is 2.24. The van der Waals surface area contributed by atoms with Gasteiger partial charge in [0.05, 0.1) is 11.6 Å². The Kier molecular flexibility index (Phi) is 4.82. The molecule has 0 saturated carbocycles.